The van der Waals surface area contributed by atoms with E-state index < -0.39 is 5.91 Å². The molecule has 1 atom stereocenters. The molecule has 6 heteroatoms. The van der Waals surface area contributed by atoms with Crippen molar-refractivity contribution < 1.29 is 9.90 Å². The predicted octanol–water partition coefficient (Wildman–Crippen LogP) is -0.0933. The van der Waals surface area contributed by atoms with Crippen molar-refractivity contribution in [3.8, 4) is 0 Å². The molecule has 1 aromatic heterocycles. The van der Waals surface area contributed by atoms with Crippen LogP contribution < -0.4 is 10.9 Å². The first kappa shape index (κ1) is 13.4. The van der Waals surface area contributed by atoms with Crippen LogP contribution in [-0.4, -0.2) is 33.6 Å². The van der Waals surface area contributed by atoms with Gasteiger partial charge >= 0.3 is 0 Å². The van der Waals surface area contributed by atoms with E-state index in [9.17, 15) is 9.59 Å². The molecule has 0 aliphatic rings. The topological polar surface area (TPSA) is 95.1 Å². The monoisotopic (exact) mass is 239 g/mol. The lowest BCUT2D eigenvalue weighted by atomic mass is 10.0. The van der Waals surface area contributed by atoms with E-state index in [2.05, 4.69) is 15.3 Å². The molecule has 0 aliphatic heterocycles. The lowest BCUT2D eigenvalue weighted by molar-refractivity contribution is 0.0903. The van der Waals surface area contributed by atoms with E-state index in [4.69, 9.17) is 5.11 Å². The van der Waals surface area contributed by atoms with E-state index in [1.165, 1.54) is 6.20 Å². The Morgan fingerprint density at radius 2 is 2.29 bits per heavy atom. The predicted molar refractivity (Wildman–Crippen MR) is 62.7 cm³/mol. The lowest BCUT2D eigenvalue weighted by Crippen LogP contribution is -2.39. The molecule has 1 unspecified atom stereocenters. The minimum Gasteiger partial charge on any atom is -0.394 e. The van der Waals surface area contributed by atoms with Crippen LogP contribution in [-0.2, 0) is 0 Å². The van der Waals surface area contributed by atoms with E-state index in [1.54, 1.807) is 0 Å². The van der Waals surface area contributed by atoms with Crippen molar-refractivity contribution >= 4 is 5.91 Å². The van der Waals surface area contributed by atoms with Crippen molar-refractivity contribution in [2.24, 2.45) is 5.92 Å². The van der Waals surface area contributed by atoms with Crippen molar-refractivity contribution in [2.45, 2.75) is 26.3 Å². The van der Waals surface area contributed by atoms with Gasteiger partial charge in [-0.05, 0) is 12.3 Å². The molecule has 0 aliphatic carbocycles. The van der Waals surface area contributed by atoms with Crippen LogP contribution >= 0.6 is 0 Å². The molecule has 94 valence electrons. The second-order valence-electron chi connectivity index (χ2n) is 4.28. The van der Waals surface area contributed by atoms with Gasteiger partial charge in [0.25, 0.3) is 11.5 Å². The van der Waals surface area contributed by atoms with Gasteiger partial charge in [-0.15, -0.1) is 0 Å². The fourth-order valence-corrected chi connectivity index (χ4v) is 1.47. The van der Waals surface area contributed by atoms with E-state index >= 15 is 0 Å². The fraction of sp³-hybridized carbons (Fsp3) is 0.545. The Morgan fingerprint density at radius 1 is 1.59 bits per heavy atom. The van der Waals surface area contributed by atoms with E-state index in [1.807, 2.05) is 13.8 Å². The first-order valence-electron chi connectivity index (χ1n) is 5.49. The zero-order chi connectivity index (χ0) is 12.8. The molecule has 17 heavy (non-hydrogen) atoms. The highest BCUT2D eigenvalue weighted by Gasteiger charge is 2.15. The maximum atomic E-state index is 11.7. The molecular weight excluding hydrogens is 222 g/mol. The number of aromatic amines is 1. The van der Waals surface area contributed by atoms with Crippen LogP contribution in [0.3, 0.4) is 0 Å². The average molecular weight is 239 g/mol. The fourth-order valence-electron chi connectivity index (χ4n) is 1.47. The SMILES string of the molecule is CC(C)CC(CO)NC(=O)c1c[nH]c(=O)cn1. The van der Waals surface area contributed by atoms with Gasteiger partial charge < -0.3 is 15.4 Å². The third-order valence-corrected chi connectivity index (χ3v) is 2.22. The van der Waals surface area contributed by atoms with Crippen molar-refractivity contribution in [2.75, 3.05) is 6.61 Å². The van der Waals surface area contributed by atoms with Gasteiger partial charge in [-0.25, -0.2) is 4.98 Å². The molecule has 1 rings (SSSR count). The normalized spacial score (nSPS) is 12.5. The number of hydrogen-bond donors (Lipinski definition) is 3. The van der Waals surface area contributed by atoms with Crippen molar-refractivity contribution in [1.29, 1.82) is 0 Å². The summed E-state index contributed by atoms with van der Waals surface area (Å²) in [5.74, 6) is -0.0306. The van der Waals surface area contributed by atoms with E-state index in [0.29, 0.717) is 12.3 Å². The van der Waals surface area contributed by atoms with E-state index in [0.717, 1.165) is 6.20 Å². The van der Waals surface area contributed by atoms with Gasteiger partial charge in [0.2, 0.25) is 0 Å². The van der Waals surface area contributed by atoms with Crippen molar-refractivity contribution in [3.63, 3.8) is 0 Å². The van der Waals surface area contributed by atoms with Gasteiger partial charge in [0, 0.05) is 6.20 Å². The van der Waals surface area contributed by atoms with Crippen molar-refractivity contribution in [3.05, 3.63) is 28.4 Å². The van der Waals surface area contributed by atoms with Gasteiger partial charge in [0.15, 0.2) is 0 Å². The lowest BCUT2D eigenvalue weighted by Gasteiger charge is -2.17. The second kappa shape index (κ2) is 6.15. The highest BCUT2D eigenvalue weighted by Crippen LogP contribution is 2.04. The van der Waals surface area contributed by atoms with Crippen LogP contribution in [0, 0.1) is 5.92 Å². The maximum absolute atomic E-state index is 11.7. The van der Waals surface area contributed by atoms with Gasteiger partial charge in [-0.3, -0.25) is 9.59 Å². The third kappa shape index (κ3) is 4.36. The Kier molecular flexibility index (Phi) is 4.84. The smallest absolute Gasteiger partial charge is 0.271 e. The van der Waals surface area contributed by atoms with Crippen LogP contribution in [0.15, 0.2) is 17.2 Å². The molecule has 0 saturated heterocycles. The molecule has 0 bridgehead atoms. The summed E-state index contributed by atoms with van der Waals surface area (Å²) in [4.78, 5) is 28.6. The largest absolute Gasteiger partial charge is 0.394 e. The zero-order valence-corrected chi connectivity index (χ0v) is 9.93. The first-order valence-corrected chi connectivity index (χ1v) is 5.49. The van der Waals surface area contributed by atoms with Gasteiger partial charge in [0.1, 0.15) is 5.69 Å². The van der Waals surface area contributed by atoms with Gasteiger partial charge in [-0.1, -0.05) is 13.8 Å². The number of carbonyl (C=O) groups is 1. The molecule has 6 nitrogen and oxygen atoms in total. The maximum Gasteiger partial charge on any atom is 0.271 e. The highest BCUT2D eigenvalue weighted by molar-refractivity contribution is 5.92. The molecule has 0 radical (unpaired) electrons. The third-order valence-electron chi connectivity index (χ3n) is 2.22. The number of hydrogen-bond acceptors (Lipinski definition) is 4. The summed E-state index contributed by atoms with van der Waals surface area (Å²) in [5.41, 5.74) is -0.228. The molecule has 1 heterocycles. The molecular formula is C11H17N3O3. The number of aromatic nitrogens is 2. The Bertz CT molecular complexity index is 408. The number of H-pyrrole nitrogens is 1. The Balaban J connectivity index is 2.64. The Hall–Kier alpha value is -1.69. The van der Waals surface area contributed by atoms with Gasteiger partial charge in [-0.2, -0.15) is 0 Å². The van der Waals surface area contributed by atoms with Crippen LogP contribution in [0.25, 0.3) is 0 Å². The number of rotatable bonds is 5. The van der Waals surface area contributed by atoms with Crippen LogP contribution in [0.4, 0.5) is 0 Å². The Morgan fingerprint density at radius 3 is 2.76 bits per heavy atom. The number of nitrogens with zero attached hydrogens (tertiary/aromatic N) is 1. The molecule has 1 amide bonds. The molecule has 0 fully saturated rings. The van der Waals surface area contributed by atoms with Crippen LogP contribution in [0.5, 0.6) is 0 Å². The number of amides is 1. The molecule has 0 spiro atoms. The zero-order valence-electron chi connectivity index (χ0n) is 9.93. The average Bonchev–Trinajstić information content (AvgIpc) is 2.28. The number of carbonyl (C=O) groups excluding carboxylic acids is 1. The van der Waals surface area contributed by atoms with Crippen LogP contribution in [0.2, 0.25) is 0 Å². The Labute approximate surface area is 99.1 Å². The summed E-state index contributed by atoms with van der Waals surface area (Å²) in [6, 6.07) is -0.295. The number of nitrogens with one attached hydrogen (secondary N) is 2. The summed E-state index contributed by atoms with van der Waals surface area (Å²) in [6.45, 7) is 3.90. The molecule has 0 saturated carbocycles. The molecule has 3 N–H and O–H groups in total. The minimum atomic E-state index is -0.402. The summed E-state index contributed by atoms with van der Waals surface area (Å²) < 4.78 is 0. The quantitative estimate of drug-likeness (QED) is 0.669. The summed E-state index contributed by atoms with van der Waals surface area (Å²) in [6.07, 6.45) is 2.98. The van der Waals surface area contributed by atoms with Crippen molar-refractivity contribution in [1.82, 2.24) is 15.3 Å². The highest BCUT2D eigenvalue weighted by atomic mass is 16.3. The van der Waals surface area contributed by atoms with Gasteiger partial charge in [0.05, 0.1) is 18.8 Å². The summed E-state index contributed by atoms with van der Waals surface area (Å²) in [7, 11) is 0. The summed E-state index contributed by atoms with van der Waals surface area (Å²) >= 11 is 0. The summed E-state index contributed by atoms with van der Waals surface area (Å²) in [5, 5.41) is 11.8. The van der Waals surface area contributed by atoms with E-state index in [-0.39, 0.29) is 23.9 Å². The standard InChI is InChI=1S/C11H17N3O3/c1-7(2)3-8(6-15)14-11(17)9-4-13-10(16)5-12-9/h4-5,7-8,15H,3,6H2,1-2H3,(H,13,16)(H,14,17). The minimum absolute atomic E-state index is 0.118. The van der Waals surface area contributed by atoms with Crippen LogP contribution in [0.1, 0.15) is 30.8 Å². The number of aliphatic hydroxyl groups is 1. The number of aliphatic hydroxyl groups excluding tert-OH is 1. The molecule has 1 aromatic rings. The first-order chi connectivity index (χ1) is 8.02. The molecule has 0 aromatic carbocycles. The second-order valence-corrected chi connectivity index (χ2v) is 4.28.